The van der Waals surface area contributed by atoms with Crippen molar-refractivity contribution in [2.75, 3.05) is 0 Å². The summed E-state index contributed by atoms with van der Waals surface area (Å²) >= 11 is 6.07. The van der Waals surface area contributed by atoms with E-state index in [1.54, 1.807) is 30.4 Å². The molecular weight excluding hydrogens is 291 g/mol. The van der Waals surface area contributed by atoms with Gasteiger partial charge < -0.3 is 4.42 Å². The highest BCUT2D eigenvalue weighted by Gasteiger charge is 2.09. The molecule has 0 N–H and O–H groups in total. The zero-order valence-electron chi connectivity index (χ0n) is 10.8. The number of hydrogen-bond acceptors (Lipinski definition) is 3. The second-order valence-electron chi connectivity index (χ2n) is 4.31. The lowest BCUT2D eigenvalue weighted by Crippen LogP contribution is -1.78. The predicted octanol–water partition coefficient (Wildman–Crippen LogP) is 4.70. The second kappa shape index (κ2) is 5.89. The van der Waals surface area contributed by atoms with Crippen LogP contribution in [0.5, 0.6) is 0 Å². The molecule has 21 heavy (non-hydrogen) atoms. The van der Waals surface area contributed by atoms with E-state index in [1.807, 2.05) is 18.2 Å². The predicted molar refractivity (Wildman–Crippen MR) is 80.1 cm³/mol. The van der Waals surface area contributed by atoms with Gasteiger partial charge in [-0.2, -0.15) is 0 Å². The van der Waals surface area contributed by atoms with Gasteiger partial charge in [0.2, 0.25) is 11.8 Å². The molecule has 0 fully saturated rings. The zero-order valence-corrected chi connectivity index (χ0v) is 11.6. The van der Waals surface area contributed by atoms with E-state index in [1.165, 1.54) is 12.1 Å². The van der Waals surface area contributed by atoms with E-state index in [2.05, 4.69) is 10.2 Å². The van der Waals surface area contributed by atoms with Gasteiger partial charge in [-0.1, -0.05) is 35.9 Å². The second-order valence-corrected chi connectivity index (χ2v) is 4.72. The maximum Gasteiger partial charge on any atom is 0.249 e. The van der Waals surface area contributed by atoms with Crippen molar-refractivity contribution in [1.29, 1.82) is 0 Å². The molecule has 0 aliphatic rings. The Morgan fingerprint density at radius 2 is 1.71 bits per heavy atom. The molecule has 0 aliphatic heterocycles. The third-order valence-electron chi connectivity index (χ3n) is 2.83. The fraction of sp³-hybridized carbons (Fsp3) is 0. The Morgan fingerprint density at radius 1 is 0.952 bits per heavy atom. The number of hydrogen-bond donors (Lipinski definition) is 0. The van der Waals surface area contributed by atoms with Crippen molar-refractivity contribution in [3.63, 3.8) is 0 Å². The molecule has 0 bridgehead atoms. The van der Waals surface area contributed by atoms with Crippen LogP contribution in [0.15, 0.2) is 52.9 Å². The van der Waals surface area contributed by atoms with Gasteiger partial charge in [0.05, 0.1) is 10.6 Å². The molecule has 1 aromatic heterocycles. The van der Waals surface area contributed by atoms with E-state index in [-0.39, 0.29) is 5.82 Å². The molecule has 0 aliphatic carbocycles. The van der Waals surface area contributed by atoms with Crippen LogP contribution in [0.1, 0.15) is 11.5 Å². The third kappa shape index (κ3) is 3.17. The molecule has 5 heteroatoms. The topological polar surface area (TPSA) is 38.9 Å². The Labute approximate surface area is 125 Å². The lowest BCUT2D eigenvalue weighted by molar-refractivity contribution is 0.558. The minimum Gasteiger partial charge on any atom is -0.417 e. The fourth-order valence-electron chi connectivity index (χ4n) is 1.79. The van der Waals surface area contributed by atoms with Crippen LogP contribution in [0.2, 0.25) is 5.02 Å². The molecule has 3 aromatic rings. The highest BCUT2D eigenvalue weighted by Crippen LogP contribution is 2.26. The maximum atomic E-state index is 12.8. The molecule has 1 heterocycles. The highest BCUT2D eigenvalue weighted by atomic mass is 35.5. The molecule has 0 saturated carbocycles. The minimum atomic E-state index is -0.272. The van der Waals surface area contributed by atoms with Gasteiger partial charge in [0.15, 0.2) is 0 Å². The summed E-state index contributed by atoms with van der Waals surface area (Å²) in [6, 6.07) is 13.4. The molecule has 0 radical (unpaired) electrons. The van der Waals surface area contributed by atoms with Crippen LogP contribution < -0.4 is 0 Å². The van der Waals surface area contributed by atoms with Crippen LogP contribution in [0.25, 0.3) is 23.6 Å². The normalized spacial score (nSPS) is 11.1. The fourth-order valence-corrected chi connectivity index (χ4v) is 2.00. The van der Waals surface area contributed by atoms with Crippen LogP contribution in [-0.2, 0) is 0 Å². The molecule has 3 rings (SSSR count). The van der Waals surface area contributed by atoms with E-state index in [9.17, 15) is 4.39 Å². The van der Waals surface area contributed by atoms with Gasteiger partial charge in [-0.15, -0.1) is 10.2 Å². The van der Waals surface area contributed by atoms with Crippen LogP contribution >= 0.6 is 11.6 Å². The average Bonchev–Trinajstić information content (AvgIpc) is 2.96. The van der Waals surface area contributed by atoms with Crippen molar-refractivity contribution in [1.82, 2.24) is 10.2 Å². The number of benzene rings is 2. The molecule has 0 amide bonds. The van der Waals surface area contributed by atoms with Gasteiger partial charge in [-0.05, 0) is 35.9 Å². The van der Waals surface area contributed by atoms with Gasteiger partial charge in [0.25, 0.3) is 0 Å². The number of nitrogens with zero attached hydrogens (tertiary/aromatic N) is 2. The Kier molecular flexibility index (Phi) is 3.79. The van der Waals surface area contributed by atoms with E-state index in [0.717, 1.165) is 5.56 Å². The first kappa shape index (κ1) is 13.5. The molecule has 0 unspecified atom stereocenters. The average molecular weight is 301 g/mol. The first-order chi connectivity index (χ1) is 10.2. The maximum absolute atomic E-state index is 12.8. The van der Waals surface area contributed by atoms with Gasteiger partial charge in [-0.3, -0.25) is 0 Å². The molecule has 3 nitrogen and oxygen atoms in total. The van der Waals surface area contributed by atoms with Crippen LogP contribution in [0.3, 0.4) is 0 Å². The number of aromatic nitrogens is 2. The smallest absolute Gasteiger partial charge is 0.249 e. The summed E-state index contributed by atoms with van der Waals surface area (Å²) < 4.78 is 18.3. The highest BCUT2D eigenvalue weighted by molar-refractivity contribution is 6.33. The van der Waals surface area contributed by atoms with Crippen molar-refractivity contribution in [2.24, 2.45) is 0 Å². The van der Waals surface area contributed by atoms with Crippen molar-refractivity contribution < 1.29 is 8.81 Å². The van der Waals surface area contributed by atoms with Crippen LogP contribution in [0, 0.1) is 5.82 Å². The first-order valence-electron chi connectivity index (χ1n) is 6.24. The summed E-state index contributed by atoms with van der Waals surface area (Å²) in [6.45, 7) is 0. The molecule has 0 spiro atoms. The summed E-state index contributed by atoms with van der Waals surface area (Å²) in [7, 11) is 0. The number of halogens is 2. The summed E-state index contributed by atoms with van der Waals surface area (Å²) in [6.07, 6.45) is 3.43. The number of rotatable bonds is 3. The summed E-state index contributed by atoms with van der Waals surface area (Å²) in [4.78, 5) is 0. The SMILES string of the molecule is Fc1ccc(/C=C/c2nnc(-c3ccccc3Cl)o2)cc1. The standard InChI is InChI=1S/C16H10ClFN2O/c17-14-4-2-1-3-13(14)16-20-19-15(21-16)10-7-11-5-8-12(18)9-6-11/h1-10H/b10-7+. The van der Waals surface area contributed by atoms with E-state index >= 15 is 0 Å². The summed E-state index contributed by atoms with van der Waals surface area (Å²) in [5, 5.41) is 8.44. The van der Waals surface area contributed by atoms with Gasteiger partial charge in [-0.25, -0.2) is 4.39 Å². The Bertz CT molecular complexity index is 781. The molecule has 2 aromatic carbocycles. The van der Waals surface area contributed by atoms with Crippen molar-refractivity contribution >= 4 is 23.8 Å². The molecule has 104 valence electrons. The first-order valence-corrected chi connectivity index (χ1v) is 6.62. The van der Waals surface area contributed by atoms with Gasteiger partial charge in [0.1, 0.15) is 5.82 Å². The van der Waals surface area contributed by atoms with Crippen molar-refractivity contribution in [3.05, 3.63) is 70.8 Å². The Morgan fingerprint density at radius 3 is 2.48 bits per heavy atom. The largest absolute Gasteiger partial charge is 0.417 e. The molecule has 0 saturated heterocycles. The molecular formula is C16H10ClFN2O. The summed E-state index contributed by atoms with van der Waals surface area (Å²) in [5.74, 6) is 0.444. The van der Waals surface area contributed by atoms with E-state index in [4.69, 9.17) is 16.0 Å². The molecule has 0 atom stereocenters. The Hall–Kier alpha value is -2.46. The van der Waals surface area contributed by atoms with E-state index < -0.39 is 0 Å². The minimum absolute atomic E-state index is 0.272. The monoisotopic (exact) mass is 300 g/mol. The van der Waals surface area contributed by atoms with Gasteiger partial charge in [0, 0.05) is 6.08 Å². The zero-order chi connectivity index (χ0) is 14.7. The van der Waals surface area contributed by atoms with Crippen LogP contribution in [0.4, 0.5) is 4.39 Å². The van der Waals surface area contributed by atoms with E-state index in [0.29, 0.717) is 22.4 Å². The Balaban J connectivity index is 1.82. The quantitative estimate of drug-likeness (QED) is 0.704. The van der Waals surface area contributed by atoms with Crippen LogP contribution in [-0.4, -0.2) is 10.2 Å². The van der Waals surface area contributed by atoms with Crippen molar-refractivity contribution in [2.45, 2.75) is 0 Å². The lowest BCUT2D eigenvalue weighted by Gasteiger charge is -1.96. The lowest BCUT2D eigenvalue weighted by atomic mass is 10.2. The van der Waals surface area contributed by atoms with Crippen molar-refractivity contribution in [3.8, 4) is 11.5 Å². The van der Waals surface area contributed by atoms with Gasteiger partial charge >= 0.3 is 0 Å². The summed E-state index contributed by atoms with van der Waals surface area (Å²) in [5.41, 5.74) is 1.53. The third-order valence-corrected chi connectivity index (χ3v) is 3.16.